The van der Waals surface area contributed by atoms with Crippen molar-refractivity contribution in [2.24, 2.45) is 10.9 Å². The van der Waals surface area contributed by atoms with Crippen molar-refractivity contribution in [3.63, 3.8) is 0 Å². The van der Waals surface area contributed by atoms with Crippen molar-refractivity contribution >= 4 is 5.84 Å². The van der Waals surface area contributed by atoms with E-state index in [9.17, 15) is 0 Å². The summed E-state index contributed by atoms with van der Waals surface area (Å²) in [6, 6.07) is 5.43. The number of rotatable bonds is 4. The molecule has 0 aliphatic rings. The molecule has 0 aliphatic heterocycles. The van der Waals surface area contributed by atoms with Crippen LogP contribution in [0.1, 0.15) is 29.7 Å². The predicted molar refractivity (Wildman–Crippen MR) is 77.7 cm³/mol. The Morgan fingerprint density at radius 1 is 1.24 bits per heavy atom. The van der Waals surface area contributed by atoms with Crippen LogP contribution in [0.4, 0.5) is 0 Å². The zero-order valence-corrected chi connectivity index (χ0v) is 12.2. The van der Waals surface area contributed by atoms with Gasteiger partial charge in [-0.05, 0) is 38.5 Å². The van der Waals surface area contributed by atoms with Crippen LogP contribution >= 0.6 is 0 Å². The lowest BCUT2D eigenvalue weighted by atomic mass is 10.2. The molecule has 2 aromatic heterocycles. The van der Waals surface area contributed by atoms with E-state index in [1.807, 2.05) is 26.0 Å². The quantitative estimate of drug-likeness (QED) is 0.385. The molecule has 0 radical (unpaired) electrons. The van der Waals surface area contributed by atoms with Crippen molar-refractivity contribution in [2.75, 3.05) is 0 Å². The number of aromatic nitrogens is 3. The van der Waals surface area contributed by atoms with E-state index in [2.05, 4.69) is 20.1 Å². The van der Waals surface area contributed by atoms with E-state index in [-0.39, 0.29) is 11.8 Å². The molecule has 2 aromatic rings. The molecule has 0 unspecified atom stereocenters. The van der Waals surface area contributed by atoms with E-state index in [0.717, 1.165) is 17.8 Å². The molecule has 7 heteroatoms. The molecule has 0 saturated heterocycles. The number of pyridine rings is 1. The number of oxime groups is 1. The summed E-state index contributed by atoms with van der Waals surface area (Å²) in [4.78, 5) is 12.7. The fourth-order valence-corrected chi connectivity index (χ4v) is 1.81. The Morgan fingerprint density at radius 2 is 2.00 bits per heavy atom. The van der Waals surface area contributed by atoms with Crippen LogP contribution in [0.25, 0.3) is 0 Å². The minimum Gasteiger partial charge on any atom is -0.422 e. The van der Waals surface area contributed by atoms with Gasteiger partial charge in [-0.25, -0.2) is 4.98 Å². The van der Waals surface area contributed by atoms with Crippen molar-refractivity contribution in [3.05, 3.63) is 41.0 Å². The fourth-order valence-electron chi connectivity index (χ4n) is 1.81. The first-order chi connectivity index (χ1) is 10.0. The van der Waals surface area contributed by atoms with Crippen LogP contribution in [0.5, 0.6) is 11.8 Å². The molecule has 21 heavy (non-hydrogen) atoms. The minimum absolute atomic E-state index is 0.0944. The molecule has 0 atom stereocenters. The van der Waals surface area contributed by atoms with E-state index in [1.54, 1.807) is 13.0 Å². The van der Waals surface area contributed by atoms with E-state index in [0.29, 0.717) is 17.1 Å². The highest BCUT2D eigenvalue weighted by molar-refractivity contribution is 5.95. The lowest BCUT2D eigenvalue weighted by Crippen LogP contribution is -2.16. The lowest BCUT2D eigenvalue weighted by molar-refractivity contribution is 0.318. The van der Waals surface area contributed by atoms with Gasteiger partial charge in [-0.3, -0.25) is 4.98 Å². The number of aryl methyl sites for hydroxylation is 3. The van der Waals surface area contributed by atoms with Gasteiger partial charge in [0.15, 0.2) is 11.6 Å². The molecular weight excluding hydrogens is 270 g/mol. The van der Waals surface area contributed by atoms with Gasteiger partial charge in [0, 0.05) is 11.4 Å². The van der Waals surface area contributed by atoms with Gasteiger partial charge >= 0.3 is 6.01 Å². The number of ether oxygens (including phenoxy) is 1. The molecular formula is C14H17N5O2. The highest BCUT2D eigenvalue weighted by Gasteiger charge is 2.11. The summed E-state index contributed by atoms with van der Waals surface area (Å²) in [7, 11) is 0. The highest BCUT2D eigenvalue weighted by Crippen LogP contribution is 2.22. The molecule has 0 bridgehead atoms. The van der Waals surface area contributed by atoms with Gasteiger partial charge in [-0.2, -0.15) is 4.98 Å². The number of amidine groups is 1. The maximum atomic E-state index is 8.72. The summed E-state index contributed by atoms with van der Waals surface area (Å²) < 4.78 is 5.69. The summed E-state index contributed by atoms with van der Waals surface area (Å²) >= 11 is 0. The maximum absolute atomic E-state index is 8.72. The number of hydrogen-bond donors (Lipinski definition) is 2. The van der Waals surface area contributed by atoms with Gasteiger partial charge < -0.3 is 15.7 Å². The Bertz CT molecular complexity index is 685. The average Bonchev–Trinajstić information content (AvgIpc) is 2.47. The lowest BCUT2D eigenvalue weighted by Gasteiger charge is -2.10. The van der Waals surface area contributed by atoms with Crippen LogP contribution < -0.4 is 10.5 Å². The molecule has 2 heterocycles. The molecule has 0 spiro atoms. The summed E-state index contributed by atoms with van der Waals surface area (Å²) in [5.74, 6) is 0.502. The normalized spacial score (nSPS) is 11.5. The summed E-state index contributed by atoms with van der Waals surface area (Å²) in [6.45, 7) is 5.69. The molecule has 0 fully saturated rings. The number of nitrogens with zero attached hydrogens (tertiary/aromatic N) is 4. The van der Waals surface area contributed by atoms with Crippen molar-refractivity contribution in [1.29, 1.82) is 0 Å². The van der Waals surface area contributed by atoms with Crippen LogP contribution in [0.15, 0.2) is 23.4 Å². The SMILES string of the molecule is CCc1nc(C)ccc1Oc1nc(C)cc(/C(N)=N/O)n1. The fraction of sp³-hybridized carbons (Fsp3) is 0.286. The Balaban J connectivity index is 2.38. The third-order valence-electron chi connectivity index (χ3n) is 2.81. The Morgan fingerprint density at radius 3 is 2.67 bits per heavy atom. The van der Waals surface area contributed by atoms with Gasteiger partial charge in [0.05, 0.1) is 5.69 Å². The first kappa shape index (κ1) is 14.7. The van der Waals surface area contributed by atoms with Crippen LogP contribution in [-0.4, -0.2) is 26.0 Å². The van der Waals surface area contributed by atoms with Crippen molar-refractivity contribution in [3.8, 4) is 11.8 Å². The minimum atomic E-state index is -0.0944. The second kappa shape index (κ2) is 6.17. The first-order valence-corrected chi connectivity index (χ1v) is 6.51. The molecule has 3 N–H and O–H groups in total. The van der Waals surface area contributed by atoms with E-state index in [4.69, 9.17) is 15.7 Å². The molecule has 0 aliphatic carbocycles. The maximum Gasteiger partial charge on any atom is 0.322 e. The Hall–Kier alpha value is -2.70. The van der Waals surface area contributed by atoms with Gasteiger partial charge in [0.2, 0.25) is 0 Å². The standard InChI is InChI=1S/C14H17N5O2/c1-4-10-12(6-5-8(2)16-10)21-14-17-9(3)7-11(18-14)13(15)19-20/h5-7,20H,4H2,1-3H3,(H2,15,19). The largest absolute Gasteiger partial charge is 0.422 e. The molecule has 0 aromatic carbocycles. The van der Waals surface area contributed by atoms with Crippen molar-refractivity contribution < 1.29 is 9.94 Å². The second-order valence-corrected chi connectivity index (χ2v) is 4.52. The molecule has 0 saturated carbocycles. The summed E-state index contributed by atoms with van der Waals surface area (Å²) in [6.07, 6.45) is 0.732. The smallest absolute Gasteiger partial charge is 0.322 e. The van der Waals surface area contributed by atoms with Crippen molar-refractivity contribution in [1.82, 2.24) is 15.0 Å². The monoisotopic (exact) mass is 287 g/mol. The Labute approximate surface area is 122 Å². The van der Waals surface area contributed by atoms with Crippen LogP contribution in [0.3, 0.4) is 0 Å². The summed E-state index contributed by atoms with van der Waals surface area (Å²) in [5.41, 5.74) is 8.24. The molecule has 110 valence electrons. The molecule has 7 nitrogen and oxygen atoms in total. The van der Waals surface area contributed by atoms with Crippen LogP contribution in [0.2, 0.25) is 0 Å². The zero-order chi connectivity index (χ0) is 15.4. The average molecular weight is 287 g/mol. The number of nitrogens with two attached hydrogens (primary N) is 1. The van der Waals surface area contributed by atoms with Gasteiger partial charge in [-0.15, -0.1) is 0 Å². The summed E-state index contributed by atoms with van der Waals surface area (Å²) in [5, 5.41) is 11.7. The predicted octanol–water partition coefficient (Wildman–Crippen LogP) is 1.94. The van der Waals surface area contributed by atoms with E-state index >= 15 is 0 Å². The third kappa shape index (κ3) is 3.44. The van der Waals surface area contributed by atoms with Crippen LogP contribution in [0, 0.1) is 13.8 Å². The van der Waals surface area contributed by atoms with Crippen molar-refractivity contribution in [2.45, 2.75) is 27.2 Å². The Kier molecular flexibility index (Phi) is 4.32. The zero-order valence-electron chi connectivity index (χ0n) is 12.2. The van der Waals surface area contributed by atoms with Gasteiger partial charge in [0.1, 0.15) is 5.69 Å². The molecule has 0 amide bonds. The van der Waals surface area contributed by atoms with E-state index in [1.165, 1.54) is 0 Å². The number of hydrogen-bond acceptors (Lipinski definition) is 6. The molecule has 2 rings (SSSR count). The van der Waals surface area contributed by atoms with Gasteiger partial charge in [0.25, 0.3) is 0 Å². The third-order valence-corrected chi connectivity index (χ3v) is 2.81. The highest BCUT2D eigenvalue weighted by atomic mass is 16.5. The van der Waals surface area contributed by atoms with Crippen LogP contribution in [-0.2, 0) is 6.42 Å². The first-order valence-electron chi connectivity index (χ1n) is 6.51. The second-order valence-electron chi connectivity index (χ2n) is 4.52. The van der Waals surface area contributed by atoms with Gasteiger partial charge in [-0.1, -0.05) is 12.1 Å². The topological polar surface area (TPSA) is 107 Å². The van der Waals surface area contributed by atoms with E-state index < -0.39 is 0 Å².